The van der Waals surface area contributed by atoms with Crippen LogP contribution in [0, 0.1) is 6.92 Å². The van der Waals surface area contributed by atoms with Crippen LogP contribution in [0.5, 0.6) is 0 Å². The fraction of sp³-hybridized carbons (Fsp3) is 0.545. The minimum Gasteiger partial charge on any atom is -0.466 e. The van der Waals surface area contributed by atoms with Crippen LogP contribution in [0.3, 0.4) is 0 Å². The molecule has 1 N–H and O–H groups in total. The van der Waals surface area contributed by atoms with E-state index in [4.69, 9.17) is 4.74 Å². The Morgan fingerprint density at radius 1 is 1.47 bits per heavy atom. The number of carbonyl (C=O) groups excluding carboxylic acids is 1. The van der Waals surface area contributed by atoms with Crippen molar-refractivity contribution in [3.8, 4) is 0 Å². The zero-order valence-corrected chi connectivity index (χ0v) is 9.99. The van der Waals surface area contributed by atoms with Gasteiger partial charge in [-0.1, -0.05) is 0 Å². The van der Waals surface area contributed by atoms with Crippen LogP contribution in [-0.2, 0) is 16.1 Å². The van der Waals surface area contributed by atoms with Crippen LogP contribution in [0.4, 0.5) is 0 Å². The summed E-state index contributed by atoms with van der Waals surface area (Å²) in [5.41, 5.74) is -0.359. The van der Waals surface area contributed by atoms with E-state index in [1.54, 1.807) is 13.8 Å². The number of nitrogens with zero attached hydrogens (tertiary/aromatic N) is 1. The van der Waals surface area contributed by atoms with Crippen LogP contribution in [0.2, 0.25) is 0 Å². The summed E-state index contributed by atoms with van der Waals surface area (Å²) in [6, 6.07) is 0. The highest BCUT2D eigenvalue weighted by atomic mass is 16.5. The van der Waals surface area contributed by atoms with Gasteiger partial charge in [0, 0.05) is 24.7 Å². The highest BCUT2D eigenvalue weighted by Crippen LogP contribution is 1.96. The van der Waals surface area contributed by atoms with E-state index in [0.29, 0.717) is 25.1 Å². The fourth-order valence-corrected chi connectivity index (χ4v) is 1.41. The molecule has 17 heavy (non-hydrogen) atoms. The molecule has 0 bridgehead atoms. The summed E-state index contributed by atoms with van der Waals surface area (Å²) in [5.74, 6) is -0.276. The van der Waals surface area contributed by atoms with Crippen LogP contribution < -0.4 is 11.2 Å². The smallest absolute Gasteiger partial charge is 0.328 e. The first-order chi connectivity index (χ1) is 8.04. The fourth-order valence-electron chi connectivity index (χ4n) is 1.41. The number of aromatic amines is 1. The van der Waals surface area contributed by atoms with Crippen molar-refractivity contribution in [3.63, 3.8) is 0 Å². The second kappa shape index (κ2) is 6.03. The van der Waals surface area contributed by atoms with Gasteiger partial charge in [-0.2, -0.15) is 0 Å². The molecule has 6 nitrogen and oxygen atoms in total. The Morgan fingerprint density at radius 2 is 2.18 bits per heavy atom. The van der Waals surface area contributed by atoms with E-state index in [-0.39, 0.29) is 17.9 Å². The van der Waals surface area contributed by atoms with Crippen molar-refractivity contribution in [2.45, 2.75) is 33.2 Å². The average Bonchev–Trinajstić information content (AvgIpc) is 2.26. The summed E-state index contributed by atoms with van der Waals surface area (Å²) < 4.78 is 6.15. The molecule has 0 aromatic carbocycles. The molecule has 0 spiro atoms. The van der Waals surface area contributed by atoms with Gasteiger partial charge < -0.3 is 9.30 Å². The standard InChI is InChI=1S/C11H16N2O4/c1-3-17-9(14)5-4-6-13-7-8(2)10(15)12-11(13)16/h7H,3-6H2,1-2H3,(H,12,15,16). The van der Waals surface area contributed by atoms with Gasteiger partial charge in [-0.3, -0.25) is 14.6 Å². The van der Waals surface area contributed by atoms with Crippen LogP contribution in [0.25, 0.3) is 0 Å². The van der Waals surface area contributed by atoms with Gasteiger partial charge in [-0.25, -0.2) is 4.79 Å². The summed E-state index contributed by atoms with van der Waals surface area (Å²) in [4.78, 5) is 35.8. The molecule has 0 unspecified atom stereocenters. The molecule has 0 aliphatic carbocycles. The SMILES string of the molecule is CCOC(=O)CCCn1cc(C)c(=O)[nH]c1=O. The minimum atomic E-state index is -0.454. The van der Waals surface area contributed by atoms with Crippen LogP contribution in [0.15, 0.2) is 15.8 Å². The summed E-state index contributed by atoms with van der Waals surface area (Å²) in [5, 5.41) is 0. The predicted molar refractivity (Wildman–Crippen MR) is 61.9 cm³/mol. The van der Waals surface area contributed by atoms with E-state index < -0.39 is 5.69 Å². The van der Waals surface area contributed by atoms with E-state index in [1.807, 2.05) is 0 Å². The van der Waals surface area contributed by atoms with Crippen LogP contribution in [-0.4, -0.2) is 22.1 Å². The maximum absolute atomic E-state index is 11.4. The van der Waals surface area contributed by atoms with Gasteiger partial charge in [0.15, 0.2) is 0 Å². The second-order valence-electron chi connectivity index (χ2n) is 3.67. The Morgan fingerprint density at radius 3 is 2.82 bits per heavy atom. The van der Waals surface area contributed by atoms with Crippen LogP contribution in [0.1, 0.15) is 25.3 Å². The lowest BCUT2D eigenvalue weighted by atomic mass is 10.3. The second-order valence-corrected chi connectivity index (χ2v) is 3.67. The third-order valence-corrected chi connectivity index (χ3v) is 2.27. The molecule has 1 rings (SSSR count). The summed E-state index contributed by atoms with van der Waals surface area (Å²) in [6.45, 7) is 4.11. The van der Waals surface area contributed by atoms with Crippen molar-refractivity contribution < 1.29 is 9.53 Å². The molecule has 1 aromatic heterocycles. The van der Waals surface area contributed by atoms with E-state index in [2.05, 4.69) is 4.98 Å². The number of rotatable bonds is 5. The Hall–Kier alpha value is -1.85. The lowest BCUT2D eigenvalue weighted by Gasteiger charge is -2.05. The van der Waals surface area contributed by atoms with Crippen molar-refractivity contribution in [3.05, 3.63) is 32.6 Å². The monoisotopic (exact) mass is 240 g/mol. The van der Waals surface area contributed by atoms with Crippen molar-refractivity contribution in [1.82, 2.24) is 9.55 Å². The molecule has 0 amide bonds. The molecule has 1 aromatic rings. The quantitative estimate of drug-likeness (QED) is 0.745. The van der Waals surface area contributed by atoms with E-state index in [1.165, 1.54) is 10.8 Å². The first-order valence-corrected chi connectivity index (χ1v) is 5.50. The predicted octanol–water partition coefficient (Wildman–Crippen LogP) is 0.188. The van der Waals surface area contributed by atoms with Crippen molar-refractivity contribution in [1.29, 1.82) is 0 Å². The number of esters is 1. The van der Waals surface area contributed by atoms with Gasteiger partial charge in [0.25, 0.3) is 5.56 Å². The molecule has 94 valence electrons. The Labute approximate surface area is 98.2 Å². The average molecular weight is 240 g/mol. The molecular formula is C11H16N2O4. The Balaban J connectivity index is 2.58. The summed E-state index contributed by atoms with van der Waals surface area (Å²) in [7, 11) is 0. The van der Waals surface area contributed by atoms with Crippen molar-refractivity contribution in [2.75, 3.05) is 6.61 Å². The zero-order valence-electron chi connectivity index (χ0n) is 9.99. The maximum atomic E-state index is 11.4. The lowest BCUT2D eigenvalue weighted by Crippen LogP contribution is -2.30. The van der Waals surface area contributed by atoms with Crippen molar-refractivity contribution in [2.24, 2.45) is 0 Å². The van der Waals surface area contributed by atoms with Gasteiger partial charge in [0.05, 0.1) is 6.61 Å². The highest BCUT2D eigenvalue weighted by molar-refractivity contribution is 5.69. The minimum absolute atomic E-state index is 0.262. The molecular weight excluding hydrogens is 224 g/mol. The number of aromatic nitrogens is 2. The molecule has 0 saturated carbocycles. The van der Waals surface area contributed by atoms with Gasteiger partial charge in [-0.15, -0.1) is 0 Å². The number of carbonyl (C=O) groups is 1. The molecule has 0 radical (unpaired) electrons. The van der Waals surface area contributed by atoms with E-state index in [9.17, 15) is 14.4 Å². The number of aryl methyl sites for hydroxylation is 2. The molecule has 0 fully saturated rings. The zero-order chi connectivity index (χ0) is 12.8. The van der Waals surface area contributed by atoms with Crippen molar-refractivity contribution >= 4 is 5.97 Å². The number of nitrogens with one attached hydrogen (secondary N) is 1. The van der Waals surface area contributed by atoms with Crippen LogP contribution >= 0.6 is 0 Å². The molecule has 0 aliphatic rings. The number of ether oxygens (including phenoxy) is 1. The third kappa shape index (κ3) is 3.90. The topological polar surface area (TPSA) is 81.2 Å². The summed E-state index contributed by atoms with van der Waals surface area (Å²) >= 11 is 0. The Kier molecular flexibility index (Phi) is 4.68. The van der Waals surface area contributed by atoms with E-state index in [0.717, 1.165) is 0 Å². The maximum Gasteiger partial charge on any atom is 0.328 e. The Bertz CT molecular complexity index is 501. The van der Waals surface area contributed by atoms with Gasteiger partial charge in [0.1, 0.15) is 0 Å². The number of H-pyrrole nitrogens is 1. The number of hydrogen-bond acceptors (Lipinski definition) is 4. The summed E-state index contributed by atoms with van der Waals surface area (Å²) in [6.07, 6.45) is 2.26. The molecule has 0 saturated heterocycles. The molecule has 1 heterocycles. The third-order valence-electron chi connectivity index (χ3n) is 2.27. The van der Waals surface area contributed by atoms with E-state index >= 15 is 0 Å². The molecule has 0 atom stereocenters. The first-order valence-electron chi connectivity index (χ1n) is 5.50. The normalized spacial score (nSPS) is 10.2. The largest absolute Gasteiger partial charge is 0.466 e. The lowest BCUT2D eigenvalue weighted by molar-refractivity contribution is -0.143. The van der Waals surface area contributed by atoms with Gasteiger partial charge >= 0.3 is 11.7 Å². The first kappa shape index (κ1) is 13.2. The molecule has 6 heteroatoms. The van der Waals surface area contributed by atoms with Gasteiger partial charge in [0.2, 0.25) is 0 Å². The highest BCUT2D eigenvalue weighted by Gasteiger charge is 2.04. The molecule has 0 aliphatic heterocycles. The number of hydrogen-bond donors (Lipinski definition) is 1. The van der Waals surface area contributed by atoms with Gasteiger partial charge in [-0.05, 0) is 20.3 Å².